The van der Waals surface area contributed by atoms with Gasteiger partial charge in [-0.25, -0.2) is 0 Å². The molecule has 0 saturated carbocycles. The first-order chi connectivity index (χ1) is 11.3. The fourth-order valence-corrected chi connectivity index (χ4v) is 2.46. The van der Waals surface area contributed by atoms with E-state index >= 15 is 0 Å². The Morgan fingerprint density at radius 2 is 1.88 bits per heavy atom. The first kappa shape index (κ1) is 21.5. The van der Waals surface area contributed by atoms with Crippen LogP contribution in [-0.2, 0) is 16.1 Å². The molecule has 0 radical (unpaired) electrons. The average Bonchev–Trinajstić information content (AvgIpc) is 2.58. The second-order valence-electron chi connectivity index (χ2n) is 5.74. The molecule has 142 valence electrons. The lowest BCUT2D eigenvalue weighted by Crippen LogP contribution is -2.46. The number of hydrogen-bond donors (Lipinski definition) is 2. The van der Waals surface area contributed by atoms with E-state index in [1.54, 1.807) is 12.1 Å². The fraction of sp³-hybridized carbons (Fsp3) is 0.562. The van der Waals surface area contributed by atoms with E-state index in [1.165, 1.54) is 12.1 Å². The molecule has 0 aromatic heterocycles. The smallest absolute Gasteiger partial charge is 0.422 e. The number of rotatable bonds is 6. The Kier molecular flexibility index (Phi) is 8.47. The van der Waals surface area contributed by atoms with Crippen LogP contribution < -0.4 is 15.8 Å². The van der Waals surface area contributed by atoms with Crippen LogP contribution in [0.3, 0.4) is 0 Å². The van der Waals surface area contributed by atoms with Crippen molar-refractivity contribution in [1.82, 2.24) is 5.32 Å². The minimum absolute atomic E-state index is 0. The van der Waals surface area contributed by atoms with Gasteiger partial charge in [0.25, 0.3) is 0 Å². The molecule has 3 N–H and O–H groups in total. The zero-order chi connectivity index (χ0) is 17.6. The number of ether oxygens (including phenoxy) is 2. The van der Waals surface area contributed by atoms with E-state index in [4.69, 9.17) is 10.5 Å². The summed E-state index contributed by atoms with van der Waals surface area (Å²) in [6, 6.07) is 5.50. The predicted molar refractivity (Wildman–Crippen MR) is 88.6 cm³/mol. The summed E-state index contributed by atoms with van der Waals surface area (Å²) in [5.41, 5.74) is 6.72. The third kappa shape index (κ3) is 7.50. The number of carbonyl (C=O) groups excluding carboxylic acids is 1. The summed E-state index contributed by atoms with van der Waals surface area (Å²) in [5.74, 6) is -0.00231. The highest BCUT2D eigenvalue weighted by atomic mass is 35.5. The van der Waals surface area contributed by atoms with E-state index in [2.05, 4.69) is 10.1 Å². The zero-order valence-electron chi connectivity index (χ0n) is 13.6. The van der Waals surface area contributed by atoms with Gasteiger partial charge in [0.15, 0.2) is 6.61 Å². The molecular formula is C16H22ClF3N2O3. The Balaban J connectivity index is 0.00000312. The summed E-state index contributed by atoms with van der Waals surface area (Å²) in [5, 5.41) is 2.75. The van der Waals surface area contributed by atoms with Crippen molar-refractivity contribution < 1.29 is 27.4 Å². The molecule has 1 atom stereocenters. The molecule has 1 saturated heterocycles. The van der Waals surface area contributed by atoms with Crippen molar-refractivity contribution in [3.05, 3.63) is 29.8 Å². The van der Waals surface area contributed by atoms with Crippen LogP contribution in [0.25, 0.3) is 0 Å². The third-order valence-electron chi connectivity index (χ3n) is 3.87. The third-order valence-corrected chi connectivity index (χ3v) is 3.87. The number of benzene rings is 1. The average molecular weight is 383 g/mol. The van der Waals surface area contributed by atoms with Crippen molar-refractivity contribution in [2.45, 2.75) is 31.6 Å². The molecule has 1 aromatic carbocycles. The molecule has 25 heavy (non-hydrogen) atoms. The van der Waals surface area contributed by atoms with Gasteiger partial charge in [0.1, 0.15) is 5.75 Å². The molecule has 0 spiro atoms. The van der Waals surface area contributed by atoms with Gasteiger partial charge in [0.05, 0.1) is 6.04 Å². The molecule has 1 amide bonds. The van der Waals surface area contributed by atoms with Gasteiger partial charge < -0.3 is 20.5 Å². The summed E-state index contributed by atoms with van der Waals surface area (Å²) < 4.78 is 46.1. The van der Waals surface area contributed by atoms with Crippen LogP contribution in [0.4, 0.5) is 13.2 Å². The van der Waals surface area contributed by atoms with Crippen molar-refractivity contribution >= 4 is 18.3 Å². The number of nitrogens with one attached hydrogen (secondary N) is 1. The van der Waals surface area contributed by atoms with E-state index in [9.17, 15) is 18.0 Å². The molecule has 0 bridgehead atoms. The van der Waals surface area contributed by atoms with Gasteiger partial charge in [-0.2, -0.15) is 13.2 Å². The standard InChI is InChI=1S/C16H21F3N2O3.ClH/c17-16(18,19)10-24-13-3-1-11(2-4-13)9-21-15(22)14(20)12-5-7-23-8-6-12;/h1-4,12,14H,5-10,20H2,(H,21,22);1H. The highest BCUT2D eigenvalue weighted by Crippen LogP contribution is 2.19. The van der Waals surface area contributed by atoms with Gasteiger partial charge in [-0.1, -0.05) is 12.1 Å². The molecule has 1 aliphatic rings. The van der Waals surface area contributed by atoms with Crippen LogP contribution in [0.5, 0.6) is 5.75 Å². The molecule has 1 aliphatic heterocycles. The quantitative estimate of drug-likeness (QED) is 0.792. The molecule has 1 heterocycles. The normalized spacial score (nSPS) is 16.6. The topological polar surface area (TPSA) is 73.6 Å². The summed E-state index contributed by atoms with van der Waals surface area (Å²) in [4.78, 5) is 12.1. The van der Waals surface area contributed by atoms with Crippen LogP contribution in [0.15, 0.2) is 24.3 Å². The zero-order valence-corrected chi connectivity index (χ0v) is 14.4. The number of nitrogens with two attached hydrogens (primary N) is 1. The lowest BCUT2D eigenvalue weighted by Gasteiger charge is -2.26. The van der Waals surface area contributed by atoms with E-state index < -0.39 is 18.8 Å². The molecule has 1 unspecified atom stereocenters. The molecule has 0 aliphatic carbocycles. The number of alkyl halides is 3. The fourth-order valence-electron chi connectivity index (χ4n) is 2.46. The van der Waals surface area contributed by atoms with Gasteiger partial charge in [-0.05, 0) is 36.5 Å². The van der Waals surface area contributed by atoms with Crippen molar-refractivity contribution in [2.75, 3.05) is 19.8 Å². The van der Waals surface area contributed by atoms with E-state index in [-0.39, 0.29) is 36.5 Å². The Morgan fingerprint density at radius 1 is 1.28 bits per heavy atom. The second-order valence-corrected chi connectivity index (χ2v) is 5.74. The molecule has 1 fully saturated rings. The number of halogens is 4. The van der Waals surface area contributed by atoms with Gasteiger partial charge in [-0.15, -0.1) is 12.4 Å². The molecular weight excluding hydrogens is 361 g/mol. The largest absolute Gasteiger partial charge is 0.484 e. The predicted octanol–water partition coefficient (Wildman–Crippen LogP) is 2.42. The summed E-state index contributed by atoms with van der Waals surface area (Å²) in [6.07, 6.45) is -2.84. The molecule has 5 nitrogen and oxygen atoms in total. The van der Waals surface area contributed by atoms with Crippen LogP contribution >= 0.6 is 12.4 Å². The van der Waals surface area contributed by atoms with Crippen LogP contribution in [0.1, 0.15) is 18.4 Å². The maximum atomic E-state index is 12.1. The Hall–Kier alpha value is -1.51. The van der Waals surface area contributed by atoms with E-state index in [1.807, 2.05) is 0 Å². The van der Waals surface area contributed by atoms with Crippen molar-refractivity contribution in [1.29, 1.82) is 0 Å². The van der Waals surface area contributed by atoms with Crippen LogP contribution in [0, 0.1) is 5.92 Å². The van der Waals surface area contributed by atoms with E-state index in [0.29, 0.717) is 13.2 Å². The second kappa shape index (κ2) is 9.84. The van der Waals surface area contributed by atoms with Gasteiger partial charge in [0.2, 0.25) is 5.91 Å². The molecule has 2 rings (SSSR count). The van der Waals surface area contributed by atoms with Crippen molar-refractivity contribution in [2.24, 2.45) is 11.7 Å². The Bertz CT molecular complexity index is 534. The van der Waals surface area contributed by atoms with E-state index in [0.717, 1.165) is 18.4 Å². The monoisotopic (exact) mass is 382 g/mol. The summed E-state index contributed by atoms with van der Waals surface area (Å²) >= 11 is 0. The maximum absolute atomic E-state index is 12.1. The van der Waals surface area contributed by atoms with Gasteiger partial charge in [0, 0.05) is 19.8 Å². The minimum Gasteiger partial charge on any atom is -0.484 e. The highest BCUT2D eigenvalue weighted by Gasteiger charge is 2.28. The number of amides is 1. The lowest BCUT2D eigenvalue weighted by atomic mass is 9.92. The van der Waals surface area contributed by atoms with Gasteiger partial charge in [-0.3, -0.25) is 4.79 Å². The molecule has 9 heteroatoms. The Morgan fingerprint density at radius 3 is 2.44 bits per heavy atom. The molecule has 1 aromatic rings. The summed E-state index contributed by atoms with van der Waals surface area (Å²) in [6.45, 7) is 0.161. The van der Waals surface area contributed by atoms with Crippen molar-refractivity contribution in [3.8, 4) is 5.75 Å². The minimum atomic E-state index is -4.37. The summed E-state index contributed by atoms with van der Waals surface area (Å²) in [7, 11) is 0. The van der Waals surface area contributed by atoms with Crippen LogP contribution in [0.2, 0.25) is 0 Å². The van der Waals surface area contributed by atoms with Crippen LogP contribution in [-0.4, -0.2) is 37.9 Å². The van der Waals surface area contributed by atoms with Crippen molar-refractivity contribution in [3.63, 3.8) is 0 Å². The highest BCUT2D eigenvalue weighted by molar-refractivity contribution is 5.85. The number of hydrogen-bond acceptors (Lipinski definition) is 4. The number of carbonyl (C=O) groups is 1. The first-order valence-electron chi connectivity index (χ1n) is 7.75. The maximum Gasteiger partial charge on any atom is 0.422 e. The Labute approximate surface area is 150 Å². The first-order valence-corrected chi connectivity index (χ1v) is 7.75. The lowest BCUT2D eigenvalue weighted by molar-refractivity contribution is -0.153. The van der Waals surface area contributed by atoms with Gasteiger partial charge >= 0.3 is 6.18 Å². The SMILES string of the molecule is Cl.NC(C(=O)NCc1ccc(OCC(F)(F)F)cc1)C1CCOCC1.